The van der Waals surface area contributed by atoms with E-state index < -0.39 is 0 Å². The maximum atomic E-state index is 13.7. The van der Waals surface area contributed by atoms with Crippen LogP contribution in [-0.2, 0) is 4.79 Å². The van der Waals surface area contributed by atoms with E-state index in [1.807, 2.05) is 0 Å². The molecular weight excluding hydrogens is 233 g/mol. The number of rotatable bonds is 3. The fourth-order valence-electron chi connectivity index (χ4n) is 2.28. The van der Waals surface area contributed by atoms with Crippen LogP contribution in [-0.4, -0.2) is 18.0 Å². The van der Waals surface area contributed by atoms with E-state index in [1.165, 1.54) is 13.0 Å². The molecule has 1 aromatic carbocycles. The minimum absolute atomic E-state index is 0.171. The monoisotopic (exact) mass is 251 g/mol. The van der Waals surface area contributed by atoms with Gasteiger partial charge in [0, 0.05) is 24.7 Å². The van der Waals surface area contributed by atoms with Crippen LogP contribution in [0.15, 0.2) is 18.2 Å². The van der Waals surface area contributed by atoms with Gasteiger partial charge in [0.25, 0.3) is 0 Å². The first kappa shape index (κ1) is 12.8. The molecule has 2 atom stereocenters. The van der Waals surface area contributed by atoms with E-state index in [0.717, 1.165) is 19.3 Å². The molecule has 98 valence electrons. The van der Waals surface area contributed by atoms with Gasteiger partial charge in [-0.25, -0.2) is 4.39 Å². The van der Waals surface area contributed by atoms with Crippen molar-refractivity contribution in [1.29, 1.82) is 0 Å². The van der Waals surface area contributed by atoms with E-state index >= 15 is 0 Å². The van der Waals surface area contributed by atoms with Gasteiger partial charge in [0.15, 0.2) is 0 Å². The molecule has 1 fully saturated rings. The van der Waals surface area contributed by atoms with E-state index in [2.05, 4.69) is 10.6 Å². The molecule has 0 saturated heterocycles. The Morgan fingerprint density at radius 1 is 1.44 bits per heavy atom. The van der Waals surface area contributed by atoms with Gasteiger partial charge in [-0.2, -0.15) is 0 Å². The Hall–Kier alpha value is -1.62. The maximum absolute atomic E-state index is 13.7. The van der Waals surface area contributed by atoms with Crippen LogP contribution in [0, 0.1) is 5.82 Å². The van der Waals surface area contributed by atoms with Crippen LogP contribution in [0.5, 0.6) is 0 Å². The highest BCUT2D eigenvalue weighted by atomic mass is 19.1. The lowest BCUT2D eigenvalue weighted by atomic mass is 10.2. The summed E-state index contributed by atoms with van der Waals surface area (Å²) in [5.74, 6) is -0.486. The van der Waals surface area contributed by atoms with Crippen molar-refractivity contribution in [2.45, 2.75) is 38.3 Å². The standard InChI is InChI=1S/C13H18FN3O/c1-8(18)16-11-4-5-12(14)13(7-11)17-10-3-2-9(15)6-10/h4-5,7,9-10,17H,2-3,6,15H2,1H3,(H,16,18). The first-order chi connectivity index (χ1) is 8.54. The van der Waals surface area contributed by atoms with Gasteiger partial charge in [0.1, 0.15) is 5.82 Å². The number of hydrogen-bond acceptors (Lipinski definition) is 3. The van der Waals surface area contributed by atoms with Crippen LogP contribution in [0.1, 0.15) is 26.2 Å². The zero-order chi connectivity index (χ0) is 13.1. The largest absolute Gasteiger partial charge is 0.380 e. The van der Waals surface area contributed by atoms with Crippen LogP contribution >= 0.6 is 0 Å². The van der Waals surface area contributed by atoms with E-state index in [-0.39, 0.29) is 23.8 Å². The van der Waals surface area contributed by atoms with Crippen LogP contribution in [0.2, 0.25) is 0 Å². The van der Waals surface area contributed by atoms with Gasteiger partial charge in [-0.3, -0.25) is 4.79 Å². The molecule has 1 amide bonds. The van der Waals surface area contributed by atoms with Gasteiger partial charge in [0.2, 0.25) is 5.91 Å². The van der Waals surface area contributed by atoms with Crippen LogP contribution in [0.25, 0.3) is 0 Å². The molecule has 2 rings (SSSR count). The SMILES string of the molecule is CC(=O)Nc1ccc(F)c(NC2CCC(N)C2)c1. The Morgan fingerprint density at radius 3 is 2.83 bits per heavy atom. The van der Waals surface area contributed by atoms with Gasteiger partial charge in [-0.05, 0) is 37.5 Å². The molecule has 0 spiro atoms. The number of nitrogens with one attached hydrogen (secondary N) is 2. The molecule has 1 aliphatic rings. The molecule has 1 aromatic rings. The minimum atomic E-state index is -0.315. The topological polar surface area (TPSA) is 67.2 Å². The Labute approximate surface area is 106 Å². The number of halogens is 1. The fraction of sp³-hybridized carbons (Fsp3) is 0.462. The lowest BCUT2D eigenvalue weighted by Crippen LogP contribution is -2.21. The lowest BCUT2D eigenvalue weighted by Gasteiger charge is -2.15. The highest BCUT2D eigenvalue weighted by Crippen LogP contribution is 2.25. The van der Waals surface area contributed by atoms with Crippen LogP contribution < -0.4 is 16.4 Å². The van der Waals surface area contributed by atoms with Crippen molar-refractivity contribution in [3.8, 4) is 0 Å². The van der Waals surface area contributed by atoms with E-state index in [4.69, 9.17) is 5.73 Å². The Morgan fingerprint density at radius 2 is 2.22 bits per heavy atom. The summed E-state index contributed by atoms with van der Waals surface area (Å²) >= 11 is 0. The number of benzene rings is 1. The second-order valence-corrected chi connectivity index (χ2v) is 4.79. The summed E-state index contributed by atoms with van der Waals surface area (Å²) in [6.07, 6.45) is 2.76. The third kappa shape index (κ3) is 3.20. The number of hydrogen-bond donors (Lipinski definition) is 3. The summed E-state index contributed by atoms with van der Waals surface area (Å²) in [6.45, 7) is 1.42. The van der Waals surface area contributed by atoms with Crippen molar-refractivity contribution in [3.63, 3.8) is 0 Å². The Bertz CT molecular complexity index is 450. The third-order valence-electron chi connectivity index (χ3n) is 3.12. The average Bonchev–Trinajstić information content (AvgIpc) is 2.68. The normalized spacial score (nSPS) is 22.8. The molecule has 0 aliphatic heterocycles. The Kier molecular flexibility index (Phi) is 3.81. The fourth-order valence-corrected chi connectivity index (χ4v) is 2.28. The summed E-state index contributed by atoms with van der Waals surface area (Å²) in [5, 5.41) is 5.78. The highest BCUT2D eigenvalue weighted by molar-refractivity contribution is 5.89. The summed E-state index contributed by atoms with van der Waals surface area (Å²) in [6, 6.07) is 4.91. The summed E-state index contributed by atoms with van der Waals surface area (Å²) in [4.78, 5) is 11.0. The predicted molar refractivity (Wildman–Crippen MR) is 69.9 cm³/mol. The van der Waals surface area contributed by atoms with Crippen molar-refractivity contribution < 1.29 is 9.18 Å². The quantitative estimate of drug-likeness (QED) is 0.770. The van der Waals surface area contributed by atoms with Crippen LogP contribution in [0.4, 0.5) is 15.8 Å². The molecule has 0 aromatic heterocycles. The molecule has 18 heavy (non-hydrogen) atoms. The molecule has 4 nitrogen and oxygen atoms in total. The van der Waals surface area contributed by atoms with Crippen molar-refractivity contribution in [2.75, 3.05) is 10.6 Å². The molecule has 0 heterocycles. The van der Waals surface area contributed by atoms with Gasteiger partial charge in [-0.1, -0.05) is 0 Å². The van der Waals surface area contributed by atoms with Gasteiger partial charge in [0.05, 0.1) is 5.69 Å². The molecule has 5 heteroatoms. The summed E-state index contributed by atoms with van der Waals surface area (Å²) in [7, 11) is 0. The third-order valence-corrected chi connectivity index (χ3v) is 3.12. The van der Waals surface area contributed by atoms with E-state index in [0.29, 0.717) is 11.4 Å². The molecule has 1 saturated carbocycles. The number of amides is 1. The summed E-state index contributed by atoms with van der Waals surface area (Å²) in [5.41, 5.74) is 6.83. The number of nitrogens with two attached hydrogens (primary N) is 1. The van der Waals surface area contributed by atoms with E-state index in [9.17, 15) is 9.18 Å². The van der Waals surface area contributed by atoms with Gasteiger partial charge >= 0.3 is 0 Å². The first-order valence-corrected chi connectivity index (χ1v) is 6.14. The van der Waals surface area contributed by atoms with E-state index in [1.54, 1.807) is 12.1 Å². The minimum Gasteiger partial charge on any atom is -0.380 e. The molecule has 0 radical (unpaired) electrons. The van der Waals surface area contributed by atoms with Crippen molar-refractivity contribution in [3.05, 3.63) is 24.0 Å². The van der Waals surface area contributed by atoms with Gasteiger partial charge in [-0.15, -0.1) is 0 Å². The molecule has 1 aliphatic carbocycles. The molecule has 2 unspecified atom stereocenters. The van der Waals surface area contributed by atoms with Crippen molar-refractivity contribution in [1.82, 2.24) is 0 Å². The molecule has 4 N–H and O–H groups in total. The zero-order valence-electron chi connectivity index (χ0n) is 10.4. The van der Waals surface area contributed by atoms with Crippen molar-refractivity contribution in [2.24, 2.45) is 5.73 Å². The second-order valence-electron chi connectivity index (χ2n) is 4.79. The second kappa shape index (κ2) is 5.35. The highest BCUT2D eigenvalue weighted by Gasteiger charge is 2.22. The predicted octanol–water partition coefficient (Wildman–Crippen LogP) is 2.08. The average molecular weight is 251 g/mol. The number of carbonyl (C=O) groups is 1. The number of carbonyl (C=O) groups excluding carboxylic acids is 1. The Balaban J connectivity index is 2.08. The lowest BCUT2D eigenvalue weighted by molar-refractivity contribution is -0.114. The molecular formula is C13H18FN3O. The molecule has 0 bridgehead atoms. The first-order valence-electron chi connectivity index (χ1n) is 6.14. The summed E-state index contributed by atoms with van der Waals surface area (Å²) < 4.78 is 13.7. The smallest absolute Gasteiger partial charge is 0.221 e. The van der Waals surface area contributed by atoms with Crippen molar-refractivity contribution >= 4 is 17.3 Å². The number of anilines is 2. The van der Waals surface area contributed by atoms with Gasteiger partial charge < -0.3 is 16.4 Å². The maximum Gasteiger partial charge on any atom is 0.221 e. The zero-order valence-corrected chi connectivity index (χ0v) is 10.4. The van der Waals surface area contributed by atoms with Crippen LogP contribution in [0.3, 0.4) is 0 Å².